The van der Waals surface area contributed by atoms with Gasteiger partial charge in [0.1, 0.15) is 0 Å². The monoisotopic (exact) mass is 264 g/mol. The number of carboxylic acid groups (broad SMARTS) is 1. The predicted molar refractivity (Wildman–Crippen MR) is 65.6 cm³/mol. The van der Waals surface area contributed by atoms with Crippen LogP contribution in [0.2, 0.25) is 0 Å². The Bertz CT molecular complexity index is 558. The van der Waals surface area contributed by atoms with E-state index in [1.807, 2.05) is 0 Å². The van der Waals surface area contributed by atoms with Crippen molar-refractivity contribution in [2.75, 3.05) is 0 Å². The lowest BCUT2D eigenvalue weighted by Crippen LogP contribution is -2.25. The Morgan fingerprint density at radius 3 is 2.72 bits per heavy atom. The summed E-state index contributed by atoms with van der Waals surface area (Å²) in [7, 11) is 0. The third kappa shape index (κ3) is 2.48. The molecule has 1 aromatic carbocycles. The standard InChI is InChI=1S/C10H8N4O3S/c15-8-7(11-10(18)12-8)14-13-6-4-2-1-3-5(6)9(16)17/h1-4,7H,(H,16,17)(H2,11,12,15,18). The van der Waals surface area contributed by atoms with Crippen LogP contribution in [0, 0.1) is 0 Å². The van der Waals surface area contributed by atoms with Crippen LogP contribution in [-0.4, -0.2) is 28.3 Å². The number of nitrogens with one attached hydrogen (secondary N) is 2. The molecule has 2 rings (SSSR count). The predicted octanol–water partition coefficient (Wildman–Crippen LogP) is 0.799. The Hall–Kier alpha value is -2.35. The van der Waals surface area contributed by atoms with Gasteiger partial charge in [0, 0.05) is 0 Å². The van der Waals surface area contributed by atoms with Crippen molar-refractivity contribution < 1.29 is 14.7 Å². The molecule has 1 aliphatic heterocycles. The van der Waals surface area contributed by atoms with Gasteiger partial charge < -0.3 is 10.4 Å². The SMILES string of the molecule is O=C(O)c1ccccc1N=NC1NC(=S)NC1=O. The molecule has 1 aromatic rings. The van der Waals surface area contributed by atoms with E-state index in [1.54, 1.807) is 12.1 Å². The van der Waals surface area contributed by atoms with Crippen LogP contribution in [0.4, 0.5) is 5.69 Å². The van der Waals surface area contributed by atoms with Gasteiger partial charge in [-0.3, -0.25) is 10.1 Å². The Morgan fingerprint density at radius 1 is 1.39 bits per heavy atom. The highest BCUT2D eigenvalue weighted by molar-refractivity contribution is 7.80. The number of rotatable bonds is 3. The second-order valence-corrected chi connectivity index (χ2v) is 3.81. The molecule has 1 amide bonds. The first-order valence-electron chi connectivity index (χ1n) is 4.92. The molecule has 0 bridgehead atoms. The molecule has 18 heavy (non-hydrogen) atoms. The lowest BCUT2D eigenvalue weighted by Gasteiger charge is -2.01. The summed E-state index contributed by atoms with van der Waals surface area (Å²) >= 11 is 4.73. The van der Waals surface area contributed by atoms with E-state index in [0.717, 1.165) is 0 Å². The fourth-order valence-electron chi connectivity index (χ4n) is 1.35. The zero-order valence-electron chi connectivity index (χ0n) is 8.95. The topological polar surface area (TPSA) is 103 Å². The highest BCUT2D eigenvalue weighted by Gasteiger charge is 2.26. The van der Waals surface area contributed by atoms with E-state index >= 15 is 0 Å². The molecule has 1 unspecified atom stereocenters. The first-order chi connectivity index (χ1) is 8.58. The fourth-order valence-corrected chi connectivity index (χ4v) is 1.56. The third-order valence-electron chi connectivity index (χ3n) is 2.17. The molecule has 1 saturated heterocycles. The molecule has 92 valence electrons. The number of carbonyl (C=O) groups is 2. The summed E-state index contributed by atoms with van der Waals surface area (Å²) in [6.07, 6.45) is -0.917. The smallest absolute Gasteiger partial charge is 0.337 e. The summed E-state index contributed by atoms with van der Waals surface area (Å²) in [4.78, 5) is 22.2. The lowest BCUT2D eigenvalue weighted by atomic mass is 10.2. The average molecular weight is 264 g/mol. The van der Waals surface area contributed by atoms with Gasteiger partial charge >= 0.3 is 5.97 Å². The van der Waals surface area contributed by atoms with Gasteiger partial charge in [0.25, 0.3) is 5.91 Å². The van der Waals surface area contributed by atoms with Gasteiger partial charge in [-0.1, -0.05) is 12.1 Å². The van der Waals surface area contributed by atoms with Gasteiger partial charge in [-0.05, 0) is 24.4 Å². The van der Waals surface area contributed by atoms with Crippen molar-refractivity contribution >= 4 is 34.9 Å². The number of benzene rings is 1. The number of hydrogen-bond acceptors (Lipinski definition) is 5. The van der Waals surface area contributed by atoms with Gasteiger partial charge in [0.05, 0.1) is 11.3 Å². The number of hydrogen-bond donors (Lipinski definition) is 3. The molecule has 1 aliphatic rings. The maximum atomic E-state index is 11.3. The molecular weight excluding hydrogens is 256 g/mol. The Balaban J connectivity index is 2.21. The molecular formula is C10H8N4O3S. The van der Waals surface area contributed by atoms with E-state index in [9.17, 15) is 9.59 Å². The highest BCUT2D eigenvalue weighted by atomic mass is 32.1. The molecule has 1 heterocycles. The van der Waals surface area contributed by atoms with E-state index in [4.69, 9.17) is 17.3 Å². The maximum Gasteiger partial charge on any atom is 0.337 e. The zero-order valence-corrected chi connectivity index (χ0v) is 9.77. The summed E-state index contributed by atoms with van der Waals surface area (Å²) in [6.45, 7) is 0. The first kappa shape index (κ1) is 12.1. The van der Waals surface area contributed by atoms with Crippen molar-refractivity contribution in [1.29, 1.82) is 0 Å². The van der Waals surface area contributed by atoms with Gasteiger partial charge in [-0.25, -0.2) is 4.79 Å². The fraction of sp³-hybridized carbons (Fsp3) is 0.100. The first-order valence-corrected chi connectivity index (χ1v) is 5.33. The summed E-state index contributed by atoms with van der Waals surface area (Å²) in [6, 6.07) is 6.12. The molecule has 3 N–H and O–H groups in total. The second kappa shape index (κ2) is 4.88. The molecule has 1 atom stereocenters. The minimum absolute atomic E-state index is 0.0160. The van der Waals surface area contributed by atoms with E-state index < -0.39 is 18.0 Å². The minimum Gasteiger partial charge on any atom is -0.478 e. The molecule has 0 radical (unpaired) electrons. The van der Waals surface area contributed by atoms with Crippen molar-refractivity contribution in [3.05, 3.63) is 29.8 Å². The summed E-state index contributed by atoms with van der Waals surface area (Å²) in [5, 5.41) is 21.5. The normalized spacial score (nSPS) is 18.8. The third-order valence-corrected chi connectivity index (χ3v) is 2.39. The molecule has 0 aromatic heterocycles. The van der Waals surface area contributed by atoms with Crippen LogP contribution in [0.1, 0.15) is 10.4 Å². The number of aromatic carboxylic acids is 1. The minimum atomic E-state index is -1.11. The van der Waals surface area contributed by atoms with Gasteiger partial charge in [0.15, 0.2) is 5.11 Å². The second-order valence-electron chi connectivity index (χ2n) is 3.40. The lowest BCUT2D eigenvalue weighted by molar-refractivity contribution is -0.120. The van der Waals surface area contributed by atoms with Gasteiger partial charge in [0.2, 0.25) is 6.17 Å². The Kier molecular flexibility index (Phi) is 3.28. The number of amides is 1. The quantitative estimate of drug-likeness (QED) is 0.553. The number of azo groups is 1. The van der Waals surface area contributed by atoms with Crippen LogP contribution in [0.15, 0.2) is 34.5 Å². The highest BCUT2D eigenvalue weighted by Crippen LogP contribution is 2.19. The van der Waals surface area contributed by atoms with Gasteiger partial charge in [-0.15, -0.1) is 0 Å². The number of nitrogens with zero attached hydrogens (tertiary/aromatic N) is 2. The largest absolute Gasteiger partial charge is 0.478 e. The van der Waals surface area contributed by atoms with Crippen molar-refractivity contribution in [2.45, 2.75) is 6.17 Å². The average Bonchev–Trinajstić information content (AvgIpc) is 2.65. The van der Waals surface area contributed by atoms with E-state index in [-0.39, 0.29) is 16.4 Å². The van der Waals surface area contributed by atoms with Crippen LogP contribution in [0.25, 0.3) is 0 Å². The van der Waals surface area contributed by atoms with Crippen LogP contribution >= 0.6 is 12.2 Å². The van der Waals surface area contributed by atoms with Crippen molar-refractivity contribution in [3.63, 3.8) is 0 Å². The molecule has 1 fully saturated rings. The van der Waals surface area contributed by atoms with Crippen molar-refractivity contribution in [3.8, 4) is 0 Å². The molecule has 7 nitrogen and oxygen atoms in total. The number of carbonyl (C=O) groups excluding carboxylic acids is 1. The van der Waals surface area contributed by atoms with Crippen LogP contribution < -0.4 is 10.6 Å². The maximum absolute atomic E-state index is 11.3. The van der Waals surface area contributed by atoms with Crippen LogP contribution in [0.3, 0.4) is 0 Å². The molecule has 0 spiro atoms. The summed E-state index contributed by atoms with van der Waals surface area (Å²) in [5.74, 6) is -1.53. The molecule has 0 saturated carbocycles. The van der Waals surface area contributed by atoms with E-state index in [2.05, 4.69) is 20.9 Å². The molecule has 8 heteroatoms. The van der Waals surface area contributed by atoms with Crippen LogP contribution in [-0.2, 0) is 4.79 Å². The Labute approximate surface area is 107 Å². The Morgan fingerprint density at radius 2 is 2.11 bits per heavy atom. The van der Waals surface area contributed by atoms with Crippen molar-refractivity contribution in [2.24, 2.45) is 10.2 Å². The van der Waals surface area contributed by atoms with Crippen molar-refractivity contribution in [1.82, 2.24) is 10.6 Å². The zero-order chi connectivity index (χ0) is 13.1. The summed E-state index contributed by atoms with van der Waals surface area (Å²) < 4.78 is 0. The van der Waals surface area contributed by atoms with Crippen LogP contribution in [0.5, 0.6) is 0 Å². The summed E-state index contributed by atoms with van der Waals surface area (Å²) in [5.41, 5.74) is 0.194. The van der Waals surface area contributed by atoms with E-state index in [1.165, 1.54) is 12.1 Å². The molecule has 0 aliphatic carbocycles. The van der Waals surface area contributed by atoms with Gasteiger partial charge in [-0.2, -0.15) is 10.2 Å². The number of carboxylic acids is 1. The van der Waals surface area contributed by atoms with E-state index in [0.29, 0.717) is 0 Å². The number of thiocarbonyl (C=S) groups is 1.